The van der Waals surface area contributed by atoms with E-state index in [0.717, 1.165) is 191 Å². The first-order valence-corrected chi connectivity index (χ1v) is 31.9. The maximum Gasteiger partial charge on any atom is 0.0939 e. The zero-order valence-electron chi connectivity index (χ0n) is 49.1. The van der Waals surface area contributed by atoms with Gasteiger partial charge in [0.25, 0.3) is 0 Å². The molecule has 86 heavy (non-hydrogen) atoms. The van der Waals surface area contributed by atoms with Crippen molar-refractivity contribution >= 4 is 114 Å². The predicted octanol–water partition coefficient (Wildman–Crippen LogP) is 12.9. The SMILES string of the molecule is C=C1N=c2ccc(Br)cc2=C1c1[nH]c2ccccc2c1NOCCCC.C=C1N=c2ccc(Br)cc2=C1c1[nH]c2ccccc2c1NOCCCCC.C=C1N=c2ccc(Br)cc2=C1c1[nH]c2ccccc2c1NOCCN1CCC(N(C)C)CC1. The number of piperidine rings is 1. The molecule has 0 aliphatic carbocycles. The van der Waals surface area contributed by atoms with E-state index in [1.165, 1.54) is 19.3 Å². The molecule has 13 rings (SSSR count). The number of unbranched alkanes of at least 4 members (excludes halogenated alkanes) is 3. The molecule has 0 radical (unpaired) electrons. The highest BCUT2D eigenvalue weighted by atomic mass is 79.9. The van der Waals surface area contributed by atoms with Crippen molar-refractivity contribution in [3.63, 3.8) is 0 Å². The van der Waals surface area contributed by atoms with Crippen molar-refractivity contribution in [3.05, 3.63) is 226 Å². The number of aromatic nitrogens is 3. The largest absolute Gasteiger partial charge is 0.353 e. The summed E-state index contributed by atoms with van der Waals surface area (Å²) in [5.41, 5.74) is 23.7. The Hall–Kier alpha value is -7.19. The lowest BCUT2D eigenvalue weighted by atomic mass is 10.0. The maximum atomic E-state index is 6.01. The van der Waals surface area contributed by atoms with Crippen LogP contribution >= 0.6 is 47.8 Å². The molecule has 14 nitrogen and oxygen atoms in total. The minimum absolute atomic E-state index is 0.619. The molecular formula is C69H72Br3N11O3. The summed E-state index contributed by atoms with van der Waals surface area (Å²) >= 11 is 10.7. The average molecular weight is 1340 g/mol. The number of H-pyrrole nitrogens is 3. The van der Waals surface area contributed by atoms with Crippen LogP contribution in [-0.2, 0) is 14.5 Å². The van der Waals surface area contributed by atoms with Gasteiger partial charge in [-0.2, -0.15) is 0 Å². The van der Waals surface area contributed by atoms with Gasteiger partial charge < -0.3 is 24.8 Å². The van der Waals surface area contributed by atoms with E-state index in [1.54, 1.807) is 0 Å². The molecule has 0 saturated carbocycles. The van der Waals surface area contributed by atoms with Crippen LogP contribution in [0, 0.1) is 0 Å². The number of likely N-dealkylation sites (tertiary alicyclic amines) is 1. The Morgan fingerprint density at radius 2 is 0.860 bits per heavy atom. The first kappa shape index (κ1) is 60.5. The standard InChI is InChI=1S/C26H30BrN5O.C22H22BrN3O.C21H20BrN3O/c1-17-24(21-16-18(27)8-9-23(21)28-17)26-25(20-6-4-5-7-22(20)29-26)30-33-15-14-32-12-10-19(11-13-32)31(2)3;1-3-4-7-12-27-26-21-16-8-5-6-9-18(16)25-22(21)20-14(2)24-19-11-10-15(23)13-17(19)20;1-3-4-11-26-25-20-15-7-5-6-8-17(15)24-21(20)19-13(2)23-18-10-9-14(22)12-16(18)19/h4-9,16,19,29-30H,1,10-15H2,2-3H3;5-6,8-11,13,25-26H,2-4,7,12H2,1H3;5-10,12,24-25H,2-4,11H2,1H3. The van der Waals surface area contributed by atoms with Gasteiger partial charge in [-0.1, -0.05) is 155 Å². The molecule has 1 saturated heterocycles. The number of aromatic amines is 3. The highest BCUT2D eigenvalue weighted by molar-refractivity contribution is 9.11. The van der Waals surface area contributed by atoms with E-state index in [1.807, 2.05) is 72.8 Å². The van der Waals surface area contributed by atoms with Crippen LogP contribution in [0.1, 0.15) is 75.9 Å². The number of fused-ring (bicyclic) bond motifs is 6. The summed E-state index contributed by atoms with van der Waals surface area (Å²) in [6.45, 7) is 22.0. The summed E-state index contributed by atoms with van der Waals surface area (Å²) in [5, 5.41) is 9.26. The van der Waals surface area contributed by atoms with Gasteiger partial charge in [0.1, 0.15) is 0 Å². The molecule has 4 aliphatic rings. The van der Waals surface area contributed by atoms with Crippen molar-refractivity contribution in [2.75, 3.05) is 70.0 Å². The molecule has 9 aromatic rings. The number of nitrogens with one attached hydrogen (secondary N) is 6. The monoisotopic (exact) mass is 1340 g/mol. The lowest BCUT2D eigenvalue weighted by Gasteiger charge is -2.35. The number of para-hydroxylation sites is 3. The van der Waals surface area contributed by atoms with Gasteiger partial charge in [0.05, 0.1) is 87.1 Å². The minimum atomic E-state index is 0.619. The number of halogens is 3. The van der Waals surface area contributed by atoms with E-state index in [0.29, 0.717) is 25.9 Å². The second kappa shape index (κ2) is 27.7. The normalized spacial score (nSPS) is 14.7. The van der Waals surface area contributed by atoms with Crippen molar-refractivity contribution in [1.82, 2.24) is 24.8 Å². The number of allylic oxidation sites excluding steroid dienone is 3. The highest BCUT2D eigenvalue weighted by Crippen LogP contribution is 2.38. The number of benzene rings is 6. The zero-order chi connectivity index (χ0) is 59.8. The summed E-state index contributed by atoms with van der Waals surface area (Å²) in [7, 11) is 4.35. The molecule has 6 N–H and O–H groups in total. The Labute approximate surface area is 526 Å². The molecule has 6 aromatic carbocycles. The molecule has 4 aliphatic heterocycles. The maximum absolute atomic E-state index is 6.01. The summed E-state index contributed by atoms with van der Waals surface area (Å²) < 4.78 is 3.05. The molecule has 1 fully saturated rings. The van der Waals surface area contributed by atoms with Crippen LogP contribution in [0.4, 0.5) is 17.1 Å². The molecule has 0 bridgehead atoms. The molecule has 0 spiro atoms. The summed E-state index contributed by atoms with van der Waals surface area (Å²) in [5.74, 6) is 0. The minimum Gasteiger partial charge on any atom is -0.353 e. The molecule has 0 amide bonds. The predicted molar refractivity (Wildman–Crippen MR) is 361 cm³/mol. The van der Waals surface area contributed by atoms with E-state index in [-0.39, 0.29) is 0 Å². The smallest absolute Gasteiger partial charge is 0.0939 e. The van der Waals surface area contributed by atoms with E-state index >= 15 is 0 Å². The second-order valence-electron chi connectivity index (χ2n) is 22.0. The van der Waals surface area contributed by atoms with Crippen LogP contribution < -0.4 is 48.2 Å². The third-order valence-corrected chi connectivity index (χ3v) is 17.4. The van der Waals surface area contributed by atoms with Crippen LogP contribution in [0.25, 0.3) is 49.4 Å². The van der Waals surface area contributed by atoms with Gasteiger partial charge in [-0.25, -0.2) is 15.0 Å². The summed E-state index contributed by atoms with van der Waals surface area (Å²) in [4.78, 5) is 46.9. The van der Waals surface area contributed by atoms with Gasteiger partial charge in [0.15, 0.2) is 0 Å². The topological polar surface area (TPSA) is 155 Å². The Morgan fingerprint density at radius 3 is 1.23 bits per heavy atom. The molecule has 17 heteroatoms. The third-order valence-electron chi connectivity index (χ3n) is 16.0. The molecule has 0 unspecified atom stereocenters. The van der Waals surface area contributed by atoms with E-state index in [2.05, 4.69) is 206 Å². The quantitative estimate of drug-likeness (QED) is 0.0326. The van der Waals surface area contributed by atoms with Crippen molar-refractivity contribution in [1.29, 1.82) is 0 Å². The van der Waals surface area contributed by atoms with Crippen molar-refractivity contribution in [3.8, 4) is 0 Å². The molecule has 0 atom stereocenters. The third kappa shape index (κ3) is 13.2. The number of rotatable bonds is 20. The van der Waals surface area contributed by atoms with E-state index in [4.69, 9.17) is 14.5 Å². The van der Waals surface area contributed by atoms with Crippen molar-refractivity contribution in [2.24, 2.45) is 15.0 Å². The fourth-order valence-corrected chi connectivity index (χ4v) is 12.6. The first-order chi connectivity index (χ1) is 41.9. The van der Waals surface area contributed by atoms with Crippen LogP contribution in [0.3, 0.4) is 0 Å². The fraction of sp³-hybridized carbons (Fsp3) is 0.261. The van der Waals surface area contributed by atoms with Crippen molar-refractivity contribution in [2.45, 2.75) is 64.8 Å². The molecule has 442 valence electrons. The average Bonchev–Trinajstić information content (AvgIpc) is 1.97. The first-order valence-electron chi connectivity index (χ1n) is 29.5. The fourth-order valence-electron chi connectivity index (χ4n) is 11.5. The van der Waals surface area contributed by atoms with Gasteiger partial charge >= 0.3 is 0 Å². The number of nitrogens with zero attached hydrogens (tertiary/aromatic N) is 5. The summed E-state index contributed by atoms with van der Waals surface area (Å²) in [6, 6.07) is 43.7. The van der Waals surface area contributed by atoms with Gasteiger partial charge in [-0.05, 0) is 126 Å². The number of hydrogen-bond donors (Lipinski definition) is 6. The lowest BCUT2D eigenvalue weighted by Crippen LogP contribution is -2.43. The summed E-state index contributed by atoms with van der Waals surface area (Å²) in [6.07, 6.45) is 7.91. The van der Waals surface area contributed by atoms with Crippen molar-refractivity contribution < 1.29 is 14.5 Å². The molecule has 7 heterocycles. The Bertz CT molecular complexity index is 4440. The van der Waals surface area contributed by atoms with Crippen LogP contribution in [0.15, 0.2) is 193 Å². The number of anilines is 3. The van der Waals surface area contributed by atoms with Crippen LogP contribution in [0.2, 0.25) is 0 Å². The van der Waals surface area contributed by atoms with Crippen LogP contribution in [0.5, 0.6) is 0 Å². The lowest BCUT2D eigenvalue weighted by molar-refractivity contribution is 0.105. The Kier molecular flexibility index (Phi) is 19.5. The number of hydrogen-bond acceptors (Lipinski definition) is 11. The van der Waals surface area contributed by atoms with E-state index < -0.39 is 0 Å². The Balaban J connectivity index is 0.000000135. The molecule has 3 aromatic heterocycles. The zero-order valence-corrected chi connectivity index (χ0v) is 53.9. The van der Waals surface area contributed by atoms with Gasteiger partial charge in [-0.3, -0.25) is 31.0 Å². The van der Waals surface area contributed by atoms with E-state index in [9.17, 15) is 0 Å². The van der Waals surface area contributed by atoms with Gasteiger partial charge in [-0.15, -0.1) is 0 Å². The van der Waals surface area contributed by atoms with Crippen LogP contribution in [-0.4, -0.2) is 84.3 Å². The van der Waals surface area contributed by atoms with Gasteiger partial charge in [0, 0.05) is 91.1 Å². The Morgan fingerprint density at radius 1 is 0.500 bits per heavy atom. The van der Waals surface area contributed by atoms with Gasteiger partial charge in [0.2, 0.25) is 0 Å². The highest BCUT2D eigenvalue weighted by Gasteiger charge is 2.25. The molecular weight excluding hydrogens is 1270 g/mol. The second-order valence-corrected chi connectivity index (χ2v) is 24.7.